The number of hydrogen-bond acceptors (Lipinski definition) is 8. The lowest BCUT2D eigenvalue weighted by atomic mass is 10.1. The second-order valence-corrected chi connectivity index (χ2v) is 9.18. The van der Waals surface area contributed by atoms with Crippen LogP contribution in [-0.2, 0) is 40.1 Å². The van der Waals surface area contributed by atoms with Gasteiger partial charge in [-0.2, -0.15) is 0 Å². The summed E-state index contributed by atoms with van der Waals surface area (Å²) in [5.41, 5.74) is 5.81. The van der Waals surface area contributed by atoms with E-state index < -0.39 is 72.2 Å². The van der Waals surface area contributed by atoms with Crippen LogP contribution in [-0.4, -0.2) is 77.4 Å². The van der Waals surface area contributed by atoms with E-state index in [2.05, 4.69) is 21.3 Å². The molecule has 0 aliphatic heterocycles. The van der Waals surface area contributed by atoms with E-state index in [0.717, 1.165) is 5.56 Å². The molecule has 226 valence electrons. The van der Waals surface area contributed by atoms with E-state index in [1.807, 2.05) is 30.3 Å². The van der Waals surface area contributed by atoms with E-state index in [9.17, 15) is 33.6 Å². The number of carbonyl (C=O) groups excluding carboxylic acids is 6. The minimum Gasteiger partial charge on any atom is -0.480 e. The number of nitrogens with one attached hydrogen (secondary N) is 5. The lowest BCUT2D eigenvalue weighted by Crippen LogP contribution is -2.56. The molecule has 15 heteroatoms. The van der Waals surface area contributed by atoms with Crippen LogP contribution in [0.1, 0.15) is 52.0 Å². The van der Waals surface area contributed by atoms with Crippen LogP contribution in [0.15, 0.2) is 30.3 Å². The van der Waals surface area contributed by atoms with Crippen LogP contribution in [0.4, 0.5) is 4.79 Å². The lowest BCUT2D eigenvalue weighted by molar-refractivity contribution is -0.143. The van der Waals surface area contributed by atoms with Gasteiger partial charge in [-0.25, -0.2) is 9.59 Å². The van der Waals surface area contributed by atoms with Gasteiger partial charge in [0.15, 0.2) is 1.41 Å². The van der Waals surface area contributed by atoms with Gasteiger partial charge < -0.3 is 42.2 Å². The summed E-state index contributed by atoms with van der Waals surface area (Å²) in [5, 5.41) is 18.9. The Bertz CT molecular complexity index is 1120. The summed E-state index contributed by atoms with van der Waals surface area (Å²) in [4.78, 5) is 83.6. The third-order valence-electron chi connectivity index (χ3n) is 5.55. The van der Waals surface area contributed by atoms with E-state index in [4.69, 9.17) is 17.0 Å². The summed E-state index contributed by atoms with van der Waals surface area (Å²) < 4.78 is 13.3. The maximum Gasteiger partial charge on any atom is 0.407 e. The molecule has 0 fully saturated rings. The summed E-state index contributed by atoms with van der Waals surface area (Å²) in [6.07, 6.45) is -0.362. The Morgan fingerprint density at radius 3 is 2.12 bits per heavy atom. The van der Waals surface area contributed by atoms with E-state index in [-0.39, 0.29) is 19.6 Å². The van der Waals surface area contributed by atoms with Gasteiger partial charge in [-0.05, 0) is 38.7 Å². The summed E-state index contributed by atoms with van der Waals surface area (Å²) in [5.74, 6) is -5.70. The highest BCUT2D eigenvalue weighted by Gasteiger charge is 2.28. The zero-order chi connectivity index (χ0) is 31.8. The maximum atomic E-state index is 12.9. The predicted molar refractivity (Wildman–Crippen MR) is 145 cm³/mol. The van der Waals surface area contributed by atoms with Crippen LogP contribution < -0.4 is 32.3 Å². The van der Waals surface area contributed by atoms with Crippen molar-refractivity contribution in [2.45, 2.75) is 77.2 Å². The zero-order valence-corrected chi connectivity index (χ0v) is 23.2. The molecular weight excluding hydrogens is 540 g/mol. The number of primary amides is 1. The normalized spacial score (nSPS) is 13.7. The molecule has 0 saturated heterocycles. The largest absolute Gasteiger partial charge is 0.480 e. The highest BCUT2D eigenvalue weighted by Crippen LogP contribution is 2.04. The average molecular weight is 580 g/mol. The van der Waals surface area contributed by atoms with Gasteiger partial charge in [-0.3, -0.25) is 24.0 Å². The molecule has 4 atom stereocenters. The first kappa shape index (κ1) is 32.5. The van der Waals surface area contributed by atoms with Gasteiger partial charge in [0, 0.05) is 13.5 Å². The molecule has 0 bridgehead atoms. The van der Waals surface area contributed by atoms with Crippen LogP contribution in [0.5, 0.6) is 0 Å². The number of amides is 6. The number of unbranched alkanes of at least 4 members (excludes halogenated alkanes) is 1. The van der Waals surface area contributed by atoms with Gasteiger partial charge >= 0.3 is 12.1 Å². The van der Waals surface area contributed by atoms with Crippen molar-refractivity contribution < 1.29 is 44.8 Å². The molecule has 1 aromatic carbocycles. The fourth-order valence-electron chi connectivity index (χ4n) is 3.38. The Hall–Kier alpha value is -4.69. The van der Waals surface area contributed by atoms with Crippen LogP contribution in [0.2, 0.25) is 1.41 Å². The van der Waals surface area contributed by atoms with Gasteiger partial charge in [0.25, 0.3) is 0 Å². The molecule has 0 aliphatic carbocycles. The fourth-order valence-corrected chi connectivity index (χ4v) is 3.38. The number of rotatable bonds is 17. The highest BCUT2D eigenvalue weighted by molar-refractivity contribution is 5.95. The standard InChI is InChI=1S/C26H38N6O9/c1-15(22(35)29-16(2)23(36)32-20(25(38)39)13-21(27)34)30-24(37)19(31-17(3)33)11-7-8-12-28-26(40)41-14-18-9-5-4-6-10-18/h4-6,9-10,15-16,19-20H,7-8,11-14H2,1-3H3,(H2,27,34)(H,28,40)(H,29,35)(H,30,37)(H,31,33)(H,32,36)(H,38,39)/t15-,16-,19-,20-/m0/s1/i/hD. The summed E-state index contributed by atoms with van der Waals surface area (Å²) in [6.45, 7) is 4.01. The van der Waals surface area contributed by atoms with Gasteiger partial charge in [0.2, 0.25) is 29.5 Å². The number of benzene rings is 1. The Labute approximate surface area is 238 Å². The second kappa shape index (κ2) is 17.8. The SMILES string of the molecule is [2H]N(C(=O)[C@H](CCCCNC(=O)OCc1ccccc1)NC(C)=O)[C@@H](C)C(=O)N[C@@H](C)C(=O)N[C@@H](CC(N)=O)C(=O)O. The Morgan fingerprint density at radius 2 is 1.54 bits per heavy atom. The molecule has 8 N–H and O–H groups in total. The van der Waals surface area contributed by atoms with Crippen molar-refractivity contribution in [3.63, 3.8) is 0 Å². The van der Waals surface area contributed by atoms with Gasteiger partial charge in [0.05, 0.1) is 6.42 Å². The quantitative estimate of drug-likeness (QED) is 0.112. The number of nitrogens with two attached hydrogens (primary N) is 1. The number of carboxylic acid groups (broad SMARTS) is 1. The summed E-state index contributed by atoms with van der Waals surface area (Å²) in [6, 6.07) is 3.70. The topological polar surface area (TPSA) is 235 Å². The Kier molecular flexibility index (Phi) is 14.1. The number of carboxylic acids is 1. The number of alkyl carbamates (subject to hydrolysis) is 1. The smallest absolute Gasteiger partial charge is 0.407 e. The van der Waals surface area contributed by atoms with Crippen molar-refractivity contribution in [3.05, 3.63) is 35.9 Å². The molecule has 41 heavy (non-hydrogen) atoms. The summed E-state index contributed by atoms with van der Waals surface area (Å²) in [7, 11) is 0. The molecule has 0 unspecified atom stereocenters. The Balaban J connectivity index is 2.59. The molecule has 0 heterocycles. The molecule has 1 rings (SSSR count). The number of aliphatic carboxylic acids is 1. The van der Waals surface area contributed by atoms with Crippen molar-refractivity contribution in [3.8, 4) is 0 Å². The monoisotopic (exact) mass is 579 g/mol. The molecule has 1 aromatic rings. The maximum absolute atomic E-state index is 12.9. The second-order valence-electron chi connectivity index (χ2n) is 9.18. The van der Waals surface area contributed by atoms with E-state index in [0.29, 0.717) is 18.2 Å². The average Bonchev–Trinajstić information content (AvgIpc) is 2.93. The van der Waals surface area contributed by atoms with Gasteiger partial charge in [-0.15, -0.1) is 0 Å². The first-order valence-corrected chi connectivity index (χ1v) is 12.9. The van der Waals surface area contributed by atoms with E-state index >= 15 is 0 Å². The van der Waals surface area contributed by atoms with Gasteiger partial charge in [0.1, 0.15) is 30.8 Å². The lowest BCUT2D eigenvalue weighted by Gasteiger charge is -2.22. The molecule has 0 aromatic heterocycles. The minimum atomic E-state index is -1.60. The fraction of sp³-hybridized carbons (Fsp3) is 0.500. The van der Waals surface area contributed by atoms with Crippen molar-refractivity contribution in [2.75, 3.05) is 6.54 Å². The molecular formula is C26H38N6O9. The van der Waals surface area contributed by atoms with E-state index in [1.165, 1.54) is 20.8 Å². The third kappa shape index (κ3) is 14.3. The number of carbonyl (C=O) groups is 7. The van der Waals surface area contributed by atoms with Crippen LogP contribution in [0.3, 0.4) is 0 Å². The van der Waals surface area contributed by atoms with Gasteiger partial charge in [-0.1, -0.05) is 30.3 Å². The van der Waals surface area contributed by atoms with Crippen molar-refractivity contribution in [2.24, 2.45) is 5.73 Å². The predicted octanol–water partition coefficient (Wildman–Crippen LogP) is -0.958. The van der Waals surface area contributed by atoms with Crippen molar-refractivity contribution in [1.29, 1.82) is 0 Å². The van der Waals surface area contributed by atoms with Crippen molar-refractivity contribution >= 4 is 41.6 Å². The van der Waals surface area contributed by atoms with Crippen LogP contribution in [0, 0.1) is 0 Å². The minimum absolute atomic E-state index is 0.109. The van der Waals surface area contributed by atoms with E-state index in [1.54, 1.807) is 0 Å². The van der Waals surface area contributed by atoms with Crippen LogP contribution >= 0.6 is 0 Å². The summed E-state index contributed by atoms with van der Waals surface area (Å²) >= 11 is 0. The molecule has 0 radical (unpaired) electrons. The molecule has 0 aliphatic rings. The zero-order valence-electron chi connectivity index (χ0n) is 24.2. The first-order chi connectivity index (χ1) is 19.7. The van der Waals surface area contributed by atoms with Crippen LogP contribution in [0.25, 0.3) is 0 Å². The molecule has 0 spiro atoms. The Morgan fingerprint density at radius 1 is 0.902 bits per heavy atom. The molecule has 15 nitrogen and oxygen atoms in total. The third-order valence-corrected chi connectivity index (χ3v) is 5.55. The molecule has 0 saturated carbocycles. The highest BCUT2D eigenvalue weighted by atomic mass is 16.5. The number of hydrogen-bond donors (Lipinski definition) is 7. The number of ether oxygens (including phenoxy) is 1. The van der Waals surface area contributed by atoms with Crippen molar-refractivity contribution in [1.82, 2.24) is 26.6 Å². The first-order valence-electron chi connectivity index (χ1n) is 13.3. The molecule has 6 amide bonds.